The van der Waals surface area contributed by atoms with Gasteiger partial charge < -0.3 is 10.1 Å². The van der Waals surface area contributed by atoms with Crippen molar-refractivity contribution in [2.24, 2.45) is 0 Å². The zero-order valence-electron chi connectivity index (χ0n) is 21.2. The third-order valence-electron chi connectivity index (χ3n) is 6.90. The lowest BCUT2D eigenvalue weighted by Crippen LogP contribution is -2.20. The van der Waals surface area contributed by atoms with Crippen LogP contribution in [0.2, 0.25) is 0 Å². The molecule has 3 aromatic carbocycles. The second-order valence-corrected chi connectivity index (χ2v) is 9.74. The molecule has 6 nitrogen and oxygen atoms in total. The molecule has 0 radical (unpaired) electrons. The van der Waals surface area contributed by atoms with Crippen molar-refractivity contribution < 1.29 is 14.3 Å². The van der Waals surface area contributed by atoms with Crippen LogP contribution in [0.3, 0.4) is 0 Å². The Morgan fingerprint density at radius 1 is 0.973 bits per heavy atom. The van der Waals surface area contributed by atoms with Gasteiger partial charge in [-0.25, -0.2) is 4.98 Å². The van der Waals surface area contributed by atoms with Crippen LogP contribution in [0.4, 0.5) is 5.69 Å². The quantitative estimate of drug-likeness (QED) is 0.289. The Morgan fingerprint density at radius 3 is 2.32 bits per heavy atom. The van der Waals surface area contributed by atoms with Crippen molar-refractivity contribution in [2.45, 2.75) is 51.4 Å². The first kappa shape index (κ1) is 24.5. The highest BCUT2D eigenvalue weighted by molar-refractivity contribution is 5.93. The van der Waals surface area contributed by atoms with Gasteiger partial charge in [0.2, 0.25) is 11.8 Å². The number of ether oxygens (including phenoxy) is 1. The SMILES string of the molecule is CC(C)c1cccc(CCCC(=O)n2ccnc2)c1NC(=O)CC1c2ccccc2Oc2ccccc21. The minimum absolute atomic E-state index is 0.0138. The zero-order chi connectivity index (χ0) is 25.8. The predicted octanol–water partition coefficient (Wildman–Crippen LogP) is 6.94. The largest absolute Gasteiger partial charge is 0.457 e. The summed E-state index contributed by atoms with van der Waals surface area (Å²) in [5, 5.41) is 3.26. The van der Waals surface area contributed by atoms with Crippen LogP contribution in [-0.4, -0.2) is 21.4 Å². The molecule has 0 bridgehead atoms. The van der Waals surface area contributed by atoms with Gasteiger partial charge in [-0.3, -0.25) is 14.2 Å². The molecule has 1 aliphatic heterocycles. The number of para-hydroxylation sites is 3. The Morgan fingerprint density at radius 2 is 1.68 bits per heavy atom. The smallest absolute Gasteiger partial charge is 0.231 e. The summed E-state index contributed by atoms with van der Waals surface area (Å²) in [6.45, 7) is 4.25. The van der Waals surface area contributed by atoms with E-state index >= 15 is 0 Å². The highest BCUT2D eigenvalue weighted by Gasteiger charge is 2.29. The van der Waals surface area contributed by atoms with E-state index in [9.17, 15) is 9.59 Å². The molecule has 2 heterocycles. The van der Waals surface area contributed by atoms with Gasteiger partial charge in [-0.1, -0.05) is 68.4 Å². The molecule has 37 heavy (non-hydrogen) atoms. The number of nitrogens with zero attached hydrogens (tertiary/aromatic N) is 2. The van der Waals surface area contributed by atoms with Crippen molar-refractivity contribution in [2.75, 3.05) is 5.32 Å². The number of rotatable bonds is 8. The number of aromatic nitrogens is 2. The topological polar surface area (TPSA) is 73.2 Å². The van der Waals surface area contributed by atoms with E-state index < -0.39 is 0 Å². The maximum absolute atomic E-state index is 13.5. The van der Waals surface area contributed by atoms with E-state index in [0.29, 0.717) is 25.7 Å². The van der Waals surface area contributed by atoms with Crippen LogP contribution in [0, 0.1) is 0 Å². The van der Waals surface area contributed by atoms with Gasteiger partial charge in [-0.15, -0.1) is 0 Å². The number of imidazole rings is 1. The lowest BCUT2D eigenvalue weighted by molar-refractivity contribution is -0.116. The summed E-state index contributed by atoms with van der Waals surface area (Å²) < 4.78 is 7.61. The number of carbonyl (C=O) groups is 2. The van der Waals surface area contributed by atoms with Crippen LogP contribution in [0.15, 0.2) is 85.5 Å². The summed E-state index contributed by atoms with van der Waals surface area (Å²) >= 11 is 0. The molecule has 0 fully saturated rings. The molecule has 6 heteroatoms. The molecule has 1 aliphatic rings. The summed E-state index contributed by atoms with van der Waals surface area (Å²) in [6.07, 6.45) is 6.89. The number of hydrogen-bond donors (Lipinski definition) is 1. The van der Waals surface area contributed by atoms with Crippen LogP contribution in [0.5, 0.6) is 11.5 Å². The Hall–Kier alpha value is -4.19. The van der Waals surface area contributed by atoms with E-state index in [-0.39, 0.29) is 23.7 Å². The molecule has 5 rings (SSSR count). The maximum Gasteiger partial charge on any atom is 0.231 e. The summed E-state index contributed by atoms with van der Waals surface area (Å²) in [5.41, 5.74) is 5.05. The number of benzene rings is 3. The molecule has 1 N–H and O–H groups in total. The normalized spacial score (nSPS) is 12.5. The van der Waals surface area contributed by atoms with E-state index in [1.807, 2.05) is 60.7 Å². The summed E-state index contributed by atoms with van der Waals surface area (Å²) in [7, 11) is 0. The van der Waals surface area contributed by atoms with Crippen LogP contribution in [0.25, 0.3) is 0 Å². The fourth-order valence-electron chi connectivity index (χ4n) is 5.03. The number of aryl methyl sites for hydroxylation is 1. The average molecular weight is 494 g/mol. The molecule has 4 aromatic rings. The second kappa shape index (κ2) is 10.8. The second-order valence-electron chi connectivity index (χ2n) is 9.74. The Bertz CT molecular complexity index is 1360. The molecular formula is C31H31N3O3. The zero-order valence-corrected chi connectivity index (χ0v) is 21.2. The van der Waals surface area contributed by atoms with Gasteiger partial charge in [0.25, 0.3) is 0 Å². The molecule has 1 amide bonds. The van der Waals surface area contributed by atoms with Gasteiger partial charge in [0.15, 0.2) is 0 Å². The number of anilines is 1. The summed E-state index contributed by atoms with van der Waals surface area (Å²) in [4.78, 5) is 29.9. The fraction of sp³-hybridized carbons (Fsp3) is 0.258. The van der Waals surface area contributed by atoms with E-state index in [4.69, 9.17) is 4.74 Å². The summed E-state index contributed by atoms with van der Waals surface area (Å²) in [6, 6.07) is 22.0. The first-order valence-corrected chi connectivity index (χ1v) is 12.8. The van der Waals surface area contributed by atoms with Crippen molar-refractivity contribution in [3.63, 3.8) is 0 Å². The van der Waals surface area contributed by atoms with Crippen LogP contribution >= 0.6 is 0 Å². The minimum Gasteiger partial charge on any atom is -0.457 e. The Kier molecular flexibility index (Phi) is 7.17. The minimum atomic E-state index is -0.0939. The number of fused-ring (bicyclic) bond motifs is 2. The summed E-state index contributed by atoms with van der Waals surface area (Å²) in [5.74, 6) is 1.71. The third-order valence-corrected chi connectivity index (χ3v) is 6.90. The molecule has 0 saturated heterocycles. The highest BCUT2D eigenvalue weighted by Crippen LogP contribution is 2.45. The number of amides is 1. The van der Waals surface area contributed by atoms with Crippen molar-refractivity contribution in [3.8, 4) is 11.5 Å². The number of carbonyl (C=O) groups excluding carboxylic acids is 2. The molecule has 0 spiro atoms. The van der Waals surface area contributed by atoms with Crippen LogP contribution in [-0.2, 0) is 11.2 Å². The van der Waals surface area contributed by atoms with Crippen LogP contribution < -0.4 is 10.1 Å². The maximum atomic E-state index is 13.5. The highest BCUT2D eigenvalue weighted by atomic mass is 16.5. The lowest BCUT2D eigenvalue weighted by atomic mass is 9.85. The van der Waals surface area contributed by atoms with Crippen molar-refractivity contribution in [3.05, 3.63) is 108 Å². The molecule has 0 atom stereocenters. The molecule has 0 saturated carbocycles. The number of nitrogens with one attached hydrogen (secondary N) is 1. The van der Waals surface area contributed by atoms with Crippen molar-refractivity contribution in [1.82, 2.24) is 9.55 Å². The first-order chi connectivity index (χ1) is 18.0. The van der Waals surface area contributed by atoms with Gasteiger partial charge in [-0.05, 0) is 42.0 Å². The fourth-order valence-corrected chi connectivity index (χ4v) is 5.03. The molecule has 0 unspecified atom stereocenters. The average Bonchev–Trinajstić information content (AvgIpc) is 3.44. The van der Waals surface area contributed by atoms with Gasteiger partial charge >= 0.3 is 0 Å². The third kappa shape index (κ3) is 5.33. The standard InChI is InChI=1S/C31H31N3O3/c1-21(2)23-13-7-9-22(10-8-16-30(36)34-18-17-32-20-34)31(23)33-29(35)19-26-24-11-3-5-14-27(24)37-28-15-6-4-12-25(26)28/h3-7,9,11-15,17-18,20-21,26H,8,10,16,19H2,1-2H3,(H,33,35). The van der Waals surface area contributed by atoms with E-state index in [2.05, 4.69) is 30.2 Å². The van der Waals surface area contributed by atoms with Gasteiger partial charge in [0.1, 0.15) is 17.8 Å². The molecule has 188 valence electrons. The van der Waals surface area contributed by atoms with Gasteiger partial charge in [-0.2, -0.15) is 0 Å². The lowest BCUT2D eigenvalue weighted by Gasteiger charge is -2.28. The predicted molar refractivity (Wildman–Crippen MR) is 144 cm³/mol. The van der Waals surface area contributed by atoms with Gasteiger partial charge in [0, 0.05) is 48.0 Å². The van der Waals surface area contributed by atoms with Crippen molar-refractivity contribution in [1.29, 1.82) is 0 Å². The monoisotopic (exact) mass is 493 g/mol. The Labute approximate surface area is 217 Å². The Balaban J connectivity index is 1.35. The van der Waals surface area contributed by atoms with Crippen LogP contribution in [0.1, 0.15) is 72.0 Å². The van der Waals surface area contributed by atoms with Crippen molar-refractivity contribution >= 4 is 17.5 Å². The van der Waals surface area contributed by atoms with Gasteiger partial charge in [0.05, 0.1) is 0 Å². The molecular weight excluding hydrogens is 462 g/mol. The number of hydrogen-bond acceptors (Lipinski definition) is 4. The first-order valence-electron chi connectivity index (χ1n) is 12.8. The molecule has 0 aliphatic carbocycles. The van der Waals surface area contributed by atoms with E-state index in [0.717, 1.165) is 39.4 Å². The van der Waals surface area contributed by atoms with E-state index in [1.54, 1.807) is 12.4 Å². The molecule has 1 aromatic heterocycles. The van der Waals surface area contributed by atoms with E-state index in [1.165, 1.54) is 10.9 Å².